The second-order valence-electron chi connectivity index (χ2n) is 5.06. The molecule has 1 N–H and O–H groups in total. The molecule has 3 aliphatic rings. The summed E-state index contributed by atoms with van der Waals surface area (Å²) in [6.07, 6.45) is 1.44. The van der Waals surface area contributed by atoms with Gasteiger partial charge in [-0.2, -0.15) is 0 Å². The number of aliphatic hydroxyl groups is 1. The van der Waals surface area contributed by atoms with Gasteiger partial charge in [0.15, 0.2) is 5.78 Å². The Morgan fingerprint density at radius 2 is 2.25 bits per heavy atom. The van der Waals surface area contributed by atoms with E-state index in [1.807, 2.05) is 0 Å². The van der Waals surface area contributed by atoms with E-state index in [1.165, 1.54) is 0 Å². The van der Waals surface area contributed by atoms with Gasteiger partial charge in [-0.25, -0.2) is 0 Å². The van der Waals surface area contributed by atoms with Gasteiger partial charge >= 0.3 is 5.97 Å². The highest BCUT2D eigenvalue weighted by atomic mass is 16.6. The van der Waals surface area contributed by atoms with Crippen LogP contribution < -0.4 is 0 Å². The molecule has 0 amide bonds. The summed E-state index contributed by atoms with van der Waals surface area (Å²) in [6.45, 7) is 3.25. The van der Waals surface area contributed by atoms with Crippen LogP contribution in [-0.4, -0.2) is 29.6 Å². The maximum atomic E-state index is 12.0. The molecule has 4 nitrogen and oxygen atoms in total. The third-order valence-corrected chi connectivity index (χ3v) is 4.33. The number of hydrogen-bond donors (Lipinski definition) is 1. The second-order valence-corrected chi connectivity index (χ2v) is 5.06. The summed E-state index contributed by atoms with van der Waals surface area (Å²) in [6, 6.07) is 0. The lowest BCUT2D eigenvalue weighted by molar-refractivity contribution is -0.145. The Morgan fingerprint density at radius 1 is 1.50 bits per heavy atom. The number of carbonyl (C=O) groups is 2. The summed E-state index contributed by atoms with van der Waals surface area (Å²) in [5.74, 6) is 0.0181. The van der Waals surface area contributed by atoms with Gasteiger partial charge in [0.25, 0.3) is 0 Å². The van der Waals surface area contributed by atoms with E-state index in [9.17, 15) is 9.59 Å². The molecule has 0 aromatic carbocycles. The van der Waals surface area contributed by atoms with Crippen LogP contribution in [-0.2, 0) is 14.3 Å². The predicted molar refractivity (Wildman–Crippen MR) is 54.3 cm³/mol. The molecule has 1 saturated heterocycles. The van der Waals surface area contributed by atoms with Crippen LogP contribution in [0.4, 0.5) is 0 Å². The number of aliphatic hydroxyl groups excluding tert-OH is 1. The van der Waals surface area contributed by atoms with Crippen molar-refractivity contribution in [3.63, 3.8) is 0 Å². The van der Waals surface area contributed by atoms with E-state index in [4.69, 9.17) is 9.84 Å². The van der Waals surface area contributed by atoms with Crippen LogP contribution in [0.15, 0.2) is 12.2 Å². The fourth-order valence-corrected chi connectivity index (χ4v) is 3.63. The Bertz CT molecular complexity index is 386. The summed E-state index contributed by atoms with van der Waals surface area (Å²) in [7, 11) is 0. The van der Waals surface area contributed by atoms with Crippen LogP contribution in [0.1, 0.15) is 12.8 Å². The molecule has 86 valence electrons. The first-order chi connectivity index (χ1) is 7.63. The number of ether oxygens (including phenoxy) is 1. The maximum Gasteiger partial charge on any atom is 0.309 e. The molecule has 0 radical (unpaired) electrons. The lowest BCUT2D eigenvalue weighted by atomic mass is 9.78. The van der Waals surface area contributed by atoms with Gasteiger partial charge in [0.2, 0.25) is 0 Å². The molecule has 2 aliphatic carbocycles. The summed E-state index contributed by atoms with van der Waals surface area (Å²) in [5.41, 5.74) is 0.233. The largest absolute Gasteiger partial charge is 0.461 e. The molecule has 16 heavy (non-hydrogen) atoms. The summed E-state index contributed by atoms with van der Waals surface area (Å²) in [5, 5.41) is 8.93. The van der Waals surface area contributed by atoms with Gasteiger partial charge in [0, 0.05) is 11.5 Å². The fourth-order valence-electron chi connectivity index (χ4n) is 3.63. The van der Waals surface area contributed by atoms with Gasteiger partial charge in [-0.3, -0.25) is 9.59 Å². The molecule has 2 saturated carbocycles. The molecule has 0 spiro atoms. The normalized spacial score (nSPS) is 43.6. The monoisotopic (exact) mass is 222 g/mol. The molecule has 2 bridgehead atoms. The van der Waals surface area contributed by atoms with Gasteiger partial charge < -0.3 is 9.84 Å². The van der Waals surface area contributed by atoms with Crippen molar-refractivity contribution in [3.8, 4) is 0 Å². The molecule has 5 unspecified atom stereocenters. The number of rotatable bonds is 3. The quantitative estimate of drug-likeness (QED) is 0.551. The van der Waals surface area contributed by atoms with Gasteiger partial charge in [0.05, 0.1) is 18.4 Å². The van der Waals surface area contributed by atoms with E-state index >= 15 is 0 Å². The van der Waals surface area contributed by atoms with Crippen LogP contribution >= 0.6 is 0 Å². The van der Waals surface area contributed by atoms with E-state index in [0.29, 0.717) is 0 Å². The molecular formula is C12H14O4. The van der Waals surface area contributed by atoms with Crippen LogP contribution in [0.3, 0.4) is 0 Å². The smallest absolute Gasteiger partial charge is 0.309 e. The number of esters is 1. The zero-order valence-electron chi connectivity index (χ0n) is 8.89. The molecule has 4 heteroatoms. The molecule has 1 aliphatic heterocycles. The average molecular weight is 222 g/mol. The van der Waals surface area contributed by atoms with Crippen molar-refractivity contribution in [2.45, 2.75) is 18.9 Å². The Balaban J connectivity index is 1.87. The van der Waals surface area contributed by atoms with Crippen molar-refractivity contribution >= 4 is 11.8 Å². The number of carbonyl (C=O) groups excluding carboxylic acids is 2. The van der Waals surface area contributed by atoms with E-state index in [-0.39, 0.29) is 53.7 Å². The Kier molecular flexibility index (Phi) is 1.98. The summed E-state index contributed by atoms with van der Waals surface area (Å²) < 4.78 is 5.29. The number of ketones is 1. The highest BCUT2D eigenvalue weighted by Gasteiger charge is 2.63. The molecule has 3 fully saturated rings. The van der Waals surface area contributed by atoms with Crippen molar-refractivity contribution in [3.05, 3.63) is 12.2 Å². The standard InChI is InChI=1S/C12H14O4/c1-5(4-13)10(14)9-6-2-7-8(3-6)12(15)16-11(7)9/h6-9,11,13H,1-4H2. The lowest BCUT2D eigenvalue weighted by Crippen LogP contribution is -2.34. The third kappa shape index (κ3) is 1.08. The molecule has 5 atom stereocenters. The van der Waals surface area contributed by atoms with Crippen molar-refractivity contribution < 1.29 is 19.4 Å². The summed E-state index contributed by atoms with van der Waals surface area (Å²) in [4.78, 5) is 23.5. The minimum absolute atomic E-state index is 0.0291. The number of fused-ring (bicyclic) bond motifs is 1. The molecule has 3 rings (SSSR count). The Morgan fingerprint density at radius 3 is 2.94 bits per heavy atom. The Hall–Kier alpha value is -1.16. The zero-order valence-corrected chi connectivity index (χ0v) is 8.89. The van der Waals surface area contributed by atoms with Crippen LogP contribution in [0, 0.1) is 23.7 Å². The van der Waals surface area contributed by atoms with Gasteiger partial charge in [0.1, 0.15) is 6.10 Å². The molecule has 0 aromatic heterocycles. The van der Waals surface area contributed by atoms with E-state index in [0.717, 1.165) is 12.8 Å². The fraction of sp³-hybridized carbons (Fsp3) is 0.667. The van der Waals surface area contributed by atoms with Crippen LogP contribution in [0.2, 0.25) is 0 Å². The topological polar surface area (TPSA) is 63.6 Å². The van der Waals surface area contributed by atoms with Crippen molar-refractivity contribution in [1.29, 1.82) is 0 Å². The van der Waals surface area contributed by atoms with Crippen LogP contribution in [0.25, 0.3) is 0 Å². The molecule has 0 aromatic rings. The Labute approximate surface area is 93.3 Å². The van der Waals surface area contributed by atoms with E-state index in [1.54, 1.807) is 0 Å². The van der Waals surface area contributed by atoms with Crippen molar-refractivity contribution in [2.24, 2.45) is 23.7 Å². The second kappa shape index (κ2) is 3.17. The van der Waals surface area contributed by atoms with E-state index in [2.05, 4.69) is 6.58 Å². The highest BCUT2D eigenvalue weighted by molar-refractivity contribution is 5.98. The van der Waals surface area contributed by atoms with Gasteiger partial charge in [-0.05, 0) is 18.8 Å². The SMILES string of the molecule is C=C(CO)C(=O)C1C2CC3C(=O)OC1C3C2. The number of hydrogen-bond acceptors (Lipinski definition) is 4. The first-order valence-electron chi connectivity index (χ1n) is 5.67. The summed E-state index contributed by atoms with van der Waals surface area (Å²) >= 11 is 0. The molecular weight excluding hydrogens is 208 g/mol. The van der Waals surface area contributed by atoms with Gasteiger partial charge in [-0.1, -0.05) is 6.58 Å². The average Bonchev–Trinajstić information content (AvgIpc) is 2.87. The maximum absolute atomic E-state index is 12.0. The predicted octanol–water partition coefficient (Wildman–Crippen LogP) is 0.302. The number of Topliss-reactive ketones (excluding diaryl/α,β-unsaturated/α-hetero) is 1. The van der Waals surface area contributed by atoms with Crippen LogP contribution in [0.5, 0.6) is 0 Å². The van der Waals surface area contributed by atoms with Crippen molar-refractivity contribution in [1.82, 2.24) is 0 Å². The lowest BCUT2D eigenvalue weighted by Gasteiger charge is -2.24. The minimum Gasteiger partial charge on any atom is -0.461 e. The zero-order chi connectivity index (χ0) is 11.4. The molecule has 1 heterocycles. The first-order valence-corrected chi connectivity index (χ1v) is 5.67. The van der Waals surface area contributed by atoms with Crippen molar-refractivity contribution in [2.75, 3.05) is 6.61 Å². The minimum atomic E-state index is -0.309. The first kappa shape index (κ1) is 10.0. The highest BCUT2D eigenvalue weighted by Crippen LogP contribution is 2.57. The third-order valence-electron chi connectivity index (χ3n) is 4.33. The van der Waals surface area contributed by atoms with E-state index < -0.39 is 0 Å². The van der Waals surface area contributed by atoms with Gasteiger partial charge in [-0.15, -0.1) is 0 Å².